The van der Waals surface area contributed by atoms with Crippen LogP contribution in [0.25, 0.3) is 0 Å². The van der Waals surface area contributed by atoms with Gasteiger partial charge in [0, 0.05) is 18.8 Å². The third-order valence-corrected chi connectivity index (χ3v) is 4.02. The fourth-order valence-corrected chi connectivity index (χ4v) is 2.95. The van der Waals surface area contributed by atoms with Gasteiger partial charge in [-0.05, 0) is 42.5 Å². The topological polar surface area (TPSA) is 39.1 Å². The lowest BCUT2D eigenvalue weighted by Crippen LogP contribution is -2.24. The van der Waals surface area contributed by atoms with E-state index < -0.39 is 0 Å². The number of ether oxygens (including phenoxy) is 1. The van der Waals surface area contributed by atoms with Gasteiger partial charge < -0.3 is 10.1 Å². The molecule has 0 spiro atoms. The minimum Gasteiger partial charge on any atom is -0.494 e. The van der Waals surface area contributed by atoms with Gasteiger partial charge in [-0.15, -0.1) is 0 Å². The van der Waals surface area contributed by atoms with Gasteiger partial charge in [-0.1, -0.05) is 6.07 Å². The van der Waals surface area contributed by atoms with Gasteiger partial charge in [-0.25, -0.2) is 4.39 Å². The van der Waals surface area contributed by atoms with Crippen LogP contribution in [0.3, 0.4) is 0 Å². The van der Waals surface area contributed by atoms with E-state index in [1.807, 2.05) is 30.1 Å². The zero-order valence-corrected chi connectivity index (χ0v) is 12.4. The molecule has 1 aromatic carbocycles. The molecule has 0 radical (unpaired) electrons. The quantitative estimate of drug-likeness (QED) is 0.919. The first-order valence-electron chi connectivity index (χ1n) is 7.26. The fourth-order valence-electron chi connectivity index (χ4n) is 2.95. The Kier molecular flexibility index (Phi) is 3.92. The molecule has 1 unspecified atom stereocenters. The average molecular weight is 289 g/mol. The lowest BCUT2D eigenvalue weighted by atomic mass is 10.1. The lowest BCUT2D eigenvalue weighted by molar-refractivity contribution is 0.384. The number of hydrogen-bond donors (Lipinski definition) is 1. The van der Waals surface area contributed by atoms with Crippen molar-refractivity contribution >= 4 is 0 Å². The van der Waals surface area contributed by atoms with Gasteiger partial charge in [-0.2, -0.15) is 5.10 Å². The summed E-state index contributed by atoms with van der Waals surface area (Å²) in [6, 6.07) is 3.91. The SMILES string of the molecule is COc1ccc2c(c1F)CCC2NCCn1cc(C)cn1. The van der Waals surface area contributed by atoms with E-state index >= 15 is 0 Å². The summed E-state index contributed by atoms with van der Waals surface area (Å²) < 4.78 is 21.1. The van der Waals surface area contributed by atoms with Crippen molar-refractivity contribution < 1.29 is 9.13 Å². The number of halogens is 1. The summed E-state index contributed by atoms with van der Waals surface area (Å²) in [6.45, 7) is 3.66. The molecule has 0 saturated heterocycles. The van der Waals surface area contributed by atoms with E-state index in [1.54, 1.807) is 6.07 Å². The van der Waals surface area contributed by atoms with Crippen LogP contribution in [0.2, 0.25) is 0 Å². The Morgan fingerprint density at radius 3 is 3.05 bits per heavy atom. The van der Waals surface area contributed by atoms with Crippen molar-refractivity contribution in [1.82, 2.24) is 15.1 Å². The van der Waals surface area contributed by atoms with Crippen LogP contribution in [0, 0.1) is 12.7 Å². The van der Waals surface area contributed by atoms with E-state index in [-0.39, 0.29) is 11.9 Å². The van der Waals surface area contributed by atoms with Crippen molar-refractivity contribution in [3.05, 3.63) is 47.0 Å². The van der Waals surface area contributed by atoms with Crippen molar-refractivity contribution in [1.29, 1.82) is 0 Å². The van der Waals surface area contributed by atoms with Gasteiger partial charge in [0.25, 0.3) is 0 Å². The minimum atomic E-state index is -0.206. The Labute approximate surface area is 123 Å². The molecule has 3 rings (SSSR count). The molecule has 112 valence electrons. The van der Waals surface area contributed by atoms with Crippen LogP contribution in [0.15, 0.2) is 24.5 Å². The van der Waals surface area contributed by atoms with E-state index in [4.69, 9.17) is 4.74 Å². The first-order valence-corrected chi connectivity index (χ1v) is 7.26. The van der Waals surface area contributed by atoms with Crippen molar-refractivity contribution in [2.24, 2.45) is 0 Å². The van der Waals surface area contributed by atoms with Crippen LogP contribution in [-0.4, -0.2) is 23.4 Å². The Morgan fingerprint density at radius 1 is 1.48 bits per heavy atom. The molecule has 5 heteroatoms. The van der Waals surface area contributed by atoms with Gasteiger partial charge in [0.1, 0.15) is 0 Å². The summed E-state index contributed by atoms with van der Waals surface area (Å²) >= 11 is 0. The van der Waals surface area contributed by atoms with Gasteiger partial charge in [0.2, 0.25) is 0 Å². The number of aromatic nitrogens is 2. The fraction of sp³-hybridized carbons (Fsp3) is 0.438. The van der Waals surface area contributed by atoms with Gasteiger partial charge in [0.15, 0.2) is 11.6 Å². The maximum Gasteiger partial charge on any atom is 0.168 e. The zero-order chi connectivity index (χ0) is 14.8. The molecule has 1 N–H and O–H groups in total. The van der Waals surface area contributed by atoms with Crippen molar-refractivity contribution in [2.75, 3.05) is 13.7 Å². The second-order valence-electron chi connectivity index (χ2n) is 5.48. The third-order valence-electron chi connectivity index (χ3n) is 4.02. The highest BCUT2D eigenvalue weighted by Crippen LogP contribution is 2.36. The zero-order valence-electron chi connectivity index (χ0n) is 12.4. The van der Waals surface area contributed by atoms with Crippen LogP contribution < -0.4 is 10.1 Å². The van der Waals surface area contributed by atoms with Gasteiger partial charge in [-0.3, -0.25) is 4.68 Å². The lowest BCUT2D eigenvalue weighted by Gasteiger charge is -2.15. The molecule has 0 amide bonds. The van der Waals surface area contributed by atoms with E-state index in [2.05, 4.69) is 10.4 Å². The number of hydrogen-bond acceptors (Lipinski definition) is 3. The summed E-state index contributed by atoms with van der Waals surface area (Å²) in [5.41, 5.74) is 3.02. The molecular formula is C16H20FN3O. The summed E-state index contributed by atoms with van der Waals surface area (Å²) in [4.78, 5) is 0. The molecular weight excluding hydrogens is 269 g/mol. The van der Waals surface area contributed by atoms with Gasteiger partial charge >= 0.3 is 0 Å². The molecule has 1 aromatic heterocycles. The largest absolute Gasteiger partial charge is 0.494 e. The van der Waals surface area contributed by atoms with Crippen molar-refractivity contribution in [3.63, 3.8) is 0 Å². The third kappa shape index (κ3) is 2.78. The van der Waals surface area contributed by atoms with E-state index in [1.165, 1.54) is 7.11 Å². The highest BCUT2D eigenvalue weighted by molar-refractivity contribution is 5.42. The Hall–Kier alpha value is -1.88. The second-order valence-corrected chi connectivity index (χ2v) is 5.48. The molecule has 1 heterocycles. The first-order chi connectivity index (χ1) is 10.2. The van der Waals surface area contributed by atoms with Crippen LogP contribution in [0.4, 0.5) is 4.39 Å². The highest BCUT2D eigenvalue weighted by atomic mass is 19.1. The van der Waals surface area contributed by atoms with E-state index in [0.717, 1.165) is 42.6 Å². The van der Waals surface area contributed by atoms with Crippen molar-refractivity contribution in [3.8, 4) is 5.75 Å². The monoisotopic (exact) mass is 289 g/mol. The number of nitrogens with zero attached hydrogens (tertiary/aromatic N) is 2. The van der Waals surface area contributed by atoms with E-state index in [9.17, 15) is 4.39 Å². The van der Waals surface area contributed by atoms with E-state index in [0.29, 0.717) is 5.75 Å². The smallest absolute Gasteiger partial charge is 0.168 e. The molecule has 0 bridgehead atoms. The van der Waals surface area contributed by atoms with Crippen LogP contribution in [0.1, 0.15) is 29.2 Å². The molecule has 0 saturated carbocycles. The summed E-state index contributed by atoms with van der Waals surface area (Å²) in [7, 11) is 1.50. The average Bonchev–Trinajstić information content (AvgIpc) is 3.07. The molecule has 21 heavy (non-hydrogen) atoms. The normalized spacial score (nSPS) is 17.0. The number of aryl methyl sites for hydroxylation is 1. The number of rotatable bonds is 5. The second kappa shape index (κ2) is 5.85. The number of methoxy groups -OCH3 is 1. The van der Waals surface area contributed by atoms with Crippen LogP contribution in [-0.2, 0) is 13.0 Å². The van der Waals surface area contributed by atoms with Gasteiger partial charge in [0.05, 0.1) is 19.9 Å². The molecule has 1 aliphatic rings. The Balaban J connectivity index is 1.63. The predicted octanol–water partition coefficient (Wildman–Crippen LogP) is 2.62. The summed E-state index contributed by atoms with van der Waals surface area (Å²) in [5.74, 6) is 0.128. The van der Waals surface area contributed by atoms with Crippen molar-refractivity contribution in [2.45, 2.75) is 32.4 Å². The van der Waals surface area contributed by atoms with Crippen LogP contribution >= 0.6 is 0 Å². The van der Waals surface area contributed by atoms with Crippen LogP contribution in [0.5, 0.6) is 5.75 Å². The maximum atomic E-state index is 14.2. The Bertz CT molecular complexity index is 638. The number of fused-ring (bicyclic) bond motifs is 1. The molecule has 4 nitrogen and oxygen atoms in total. The molecule has 0 aliphatic heterocycles. The first kappa shape index (κ1) is 14.1. The number of benzene rings is 1. The molecule has 0 fully saturated rings. The molecule has 1 aliphatic carbocycles. The standard InChI is InChI=1S/C16H20FN3O/c1-11-9-19-20(10-11)8-7-18-14-5-3-13-12(14)4-6-15(21-2)16(13)17/h4,6,9-10,14,18H,3,5,7-8H2,1-2H3. The highest BCUT2D eigenvalue weighted by Gasteiger charge is 2.26. The summed E-state index contributed by atoms with van der Waals surface area (Å²) in [5, 5.41) is 7.75. The molecule has 2 aromatic rings. The minimum absolute atomic E-state index is 0.206. The predicted molar refractivity (Wildman–Crippen MR) is 79.0 cm³/mol. The Morgan fingerprint density at radius 2 is 2.33 bits per heavy atom. The number of nitrogens with one attached hydrogen (secondary N) is 1. The summed E-state index contributed by atoms with van der Waals surface area (Å²) in [6.07, 6.45) is 5.57. The maximum absolute atomic E-state index is 14.2. The molecule has 1 atom stereocenters.